The predicted molar refractivity (Wildman–Crippen MR) is 160 cm³/mol. The third-order valence-corrected chi connectivity index (χ3v) is 11.6. The molecule has 1 heterocycles. The maximum Gasteiger partial charge on any atom is 0.175 e. The molecule has 0 aromatic heterocycles. The molecule has 1 aromatic rings. The van der Waals surface area contributed by atoms with Gasteiger partial charge in [-0.25, -0.2) is 0 Å². The molecule has 0 unspecified atom stereocenters. The normalized spacial score (nSPS) is 35.0. The Morgan fingerprint density at radius 2 is 1.98 bits per heavy atom. The van der Waals surface area contributed by atoms with Gasteiger partial charge in [0.05, 0.1) is 12.8 Å². The Labute approximate surface area is 244 Å². The number of ketones is 2. The van der Waals surface area contributed by atoms with Gasteiger partial charge >= 0.3 is 0 Å². The summed E-state index contributed by atoms with van der Waals surface area (Å²) < 4.78 is 11.1. The van der Waals surface area contributed by atoms with Crippen LogP contribution in [-0.2, 0) is 14.4 Å². The lowest BCUT2D eigenvalue weighted by Crippen LogP contribution is -2.53. The molecule has 1 aliphatic heterocycles. The number of hydrogen-bond acceptors (Lipinski definition) is 6. The van der Waals surface area contributed by atoms with E-state index >= 15 is 0 Å². The number of carbonyl (C=O) groups excluding carboxylic acids is 2. The summed E-state index contributed by atoms with van der Waals surface area (Å²) in [6.45, 7) is 8.89. The van der Waals surface area contributed by atoms with Crippen LogP contribution in [0, 0.1) is 34.5 Å². The summed E-state index contributed by atoms with van der Waals surface area (Å²) in [5, 5.41) is 4.62. The monoisotopic (exact) mass is 559 g/mol. The minimum absolute atomic E-state index is 0.0345. The van der Waals surface area contributed by atoms with Gasteiger partial charge in [0, 0.05) is 36.3 Å². The zero-order valence-electron chi connectivity index (χ0n) is 25.0. The molecule has 220 valence electrons. The molecule has 0 N–H and O–H groups in total. The fourth-order valence-corrected chi connectivity index (χ4v) is 9.34. The van der Waals surface area contributed by atoms with E-state index in [0.717, 1.165) is 85.1 Å². The van der Waals surface area contributed by atoms with Crippen molar-refractivity contribution in [2.45, 2.75) is 90.9 Å². The minimum atomic E-state index is 0.0345. The molecular formula is C35H45NO5. The molecular weight excluding hydrogens is 514 g/mol. The van der Waals surface area contributed by atoms with Crippen molar-refractivity contribution in [3.63, 3.8) is 0 Å². The molecule has 6 heteroatoms. The Hall–Kier alpha value is -2.89. The van der Waals surface area contributed by atoms with Crippen LogP contribution in [0.25, 0.3) is 5.57 Å². The Bertz CT molecular complexity index is 1300. The summed E-state index contributed by atoms with van der Waals surface area (Å²) in [6.07, 6.45) is 13.5. The van der Waals surface area contributed by atoms with Crippen molar-refractivity contribution in [2.75, 3.05) is 13.7 Å². The van der Waals surface area contributed by atoms with E-state index in [4.69, 9.17) is 14.3 Å². The highest BCUT2D eigenvalue weighted by atomic mass is 16.6. The van der Waals surface area contributed by atoms with Crippen LogP contribution in [0.5, 0.6) is 11.5 Å². The molecule has 4 fully saturated rings. The van der Waals surface area contributed by atoms with Crippen molar-refractivity contribution in [2.24, 2.45) is 39.7 Å². The van der Waals surface area contributed by atoms with Crippen LogP contribution >= 0.6 is 0 Å². The van der Waals surface area contributed by atoms with Crippen LogP contribution in [-0.4, -0.2) is 31.0 Å². The molecule has 0 spiro atoms. The smallest absolute Gasteiger partial charge is 0.175 e. The van der Waals surface area contributed by atoms with E-state index < -0.39 is 0 Å². The molecule has 0 saturated heterocycles. The van der Waals surface area contributed by atoms with Gasteiger partial charge in [0.2, 0.25) is 0 Å². The SMILES string of the molecule is C=C1C=C(CCCC(=O)CO/N=C2/CC[C@H]3[C@@H]4CC[C@H]5CC(=O)CC[C@]5(C)[C@H]4CC[C@]23C)c2ccc(OC)cc2O1. The van der Waals surface area contributed by atoms with Crippen LogP contribution in [0.15, 0.2) is 41.8 Å². The van der Waals surface area contributed by atoms with Gasteiger partial charge < -0.3 is 14.3 Å². The molecule has 0 amide bonds. The highest BCUT2D eigenvalue weighted by Gasteiger charge is 2.59. The number of oxime groups is 1. The lowest BCUT2D eigenvalue weighted by Gasteiger charge is -2.59. The van der Waals surface area contributed by atoms with E-state index in [1.807, 2.05) is 24.3 Å². The third kappa shape index (κ3) is 5.17. The highest BCUT2D eigenvalue weighted by molar-refractivity contribution is 5.92. The fourth-order valence-electron chi connectivity index (χ4n) is 9.34. The first kappa shape index (κ1) is 28.2. The first-order valence-corrected chi connectivity index (χ1v) is 15.7. The number of allylic oxidation sites excluding steroid dienone is 2. The van der Waals surface area contributed by atoms with Crippen molar-refractivity contribution in [1.29, 1.82) is 0 Å². The Balaban J connectivity index is 1.01. The second-order valence-corrected chi connectivity index (χ2v) is 13.7. The first-order chi connectivity index (χ1) is 19.7. The maximum atomic E-state index is 12.7. The number of hydrogen-bond donors (Lipinski definition) is 0. The quantitative estimate of drug-likeness (QED) is 0.305. The molecule has 41 heavy (non-hydrogen) atoms. The van der Waals surface area contributed by atoms with Gasteiger partial charge in [-0.3, -0.25) is 9.59 Å². The minimum Gasteiger partial charge on any atom is -0.497 e. The number of benzene rings is 1. The van der Waals surface area contributed by atoms with Crippen molar-refractivity contribution in [3.8, 4) is 11.5 Å². The van der Waals surface area contributed by atoms with E-state index in [1.54, 1.807) is 7.11 Å². The third-order valence-electron chi connectivity index (χ3n) is 11.6. The van der Waals surface area contributed by atoms with Gasteiger partial charge in [0.1, 0.15) is 23.0 Å². The van der Waals surface area contributed by atoms with Crippen molar-refractivity contribution >= 4 is 22.9 Å². The van der Waals surface area contributed by atoms with Gasteiger partial charge in [0.25, 0.3) is 0 Å². The van der Waals surface area contributed by atoms with Crippen LogP contribution < -0.4 is 9.47 Å². The van der Waals surface area contributed by atoms with Crippen LogP contribution in [0.2, 0.25) is 0 Å². The second-order valence-electron chi connectivity index (χ2n) is 13.7. The number of fused-ring (bicyclic) bond motifs is 6. The standard InChI is InChI=1S/C35H45NO5/c1-22-18-23(28-11-9-27(39-4)20-32(28)41-22)6-5-7-26(38)21-40-36-33-13-12-30-29-10-8-24-19-25(37)14-16-34(24,2)31(29)15-17-35(30,33)3/h9,11,18,20,24,29-31H,1,5-8,10,12-17,19,21H2,2-4H3/b36-33-/t24-,29-,30-,31-,34-,35-/m0/s1. The van der Waals surface area contributed by atoms with Crippen LogP contribution in [0.4, 0.5) is 0 Å². The van der Waals surface area contributed by atoms with E-state index in [0.29, 0.717) is 35.2 Å². The number of ether oxygens (including phenoxy) is 2. The molecule has 5 aliphatic rings. The molecule has 6 rings (SSSR count). The second kappa shape index (κ2) is 11.1. The van der Waals surface area contributed by atoms with Crippen molar-refractivity contribution in [1.82, 2.24) is 0 Å². The largest absolute Gasteiger partial charge is 0.497 e. The zero-order valence-corrected chi connectivity index (χ0v) is 25.0. The van der Waals surface area contributed by atoms with Crippen molar-refractivity contribution < 1.29 is 23.9 Å². The van der Waals surface area contributed by atoms with Crippen LogP contribution in [0.1, 0.15) is 96.5 Å². The first-order valence-electron chi connectivity index (χ1n) is 15.7. The van der Waals surface area contributed by atoms with Gasteiger partial charge in [-0.2, -0.15) is 0 Å². The molecule has 1 aromatic carbocycles. The van der Waals surface area contributed by atoms with Gasteiger partial charge in [-0.15, -0.1) is 0 Å². The van der Waals surface area contributed by atoms with Crippen LogP contribution in [0.3, 0.4) is 0 Å². The van der Waals surface area contributed by atoms with Gasteiger partial charge in [-0.1, -0.05) is 25.6 Å². The lowest BCUT2D eigenvalue weighted by atomic mass is 9.45. The molecule has 4 saturated carbocycles. The summed E-state index contributed by atoms with van der Waals surface area (Å²) in [5.74, 6) is 5.31. The fraction of sp³-hybridized carbons (Fsp3) is 0.629. The molecule has 0 radical (unpaired) electrons. The van der Waals surface area contributed by atoms with E-state index in [-0.39, 0.29) is 17.8 Å². The Kier molecular flexibility index (Phi) is 7.63. The molecule has 6 nitrogen and oxygen atoms in total. The molecule has 6 atom stereocenters. The van der Waals surface area contributed by atoms with Crippen molar-refractivity contribution in [3.05, 3.63) is 42.2 Å². The number of Topliss-reactive ketones (excluding diaryl/α,β-unsaturated/α-hetero) is 2. The van der Waals surface area contributed by atoms with Gasteiger partial charge in [0.15, 0.2) is 12.4 Å². The number of nitrogens with zero attached hydrogens (tertiary/aromatic N) is 1. The summed E-state index contributed by atoms with van der Waals surface area (Å²) in [5.41, 5.74) is 3.70. The average Bonchev–Trinajstić information content (AvgIpc) is 3.29. The lowest BCUT2D eigenvalue weighted by molar-refractivity contribution is -0.136. The van der Waals surface area contributed by atoms with E-state index in [9.17, 15) is 9.59 Å². The number of rotatable bonds is 8. The molecule has 4 aliphatic carbocycles. The van der Waals surface area contributed by atoms with Gasteiger partial charge in [-0.05, 0) is 111 Å². The predicted octanol–water partition coefficient (Wildman–Crippen LogP) is 7.71. The summed E-state index contributed by atoms with van der Waals surface area (Å²) in [7, 11) is 1.64. The van der Waals surface area contributed by atoms with E-state index in [2.05, 4.69) is 25.6 Å². The summed E-state index contributed by atoms with van der Waals surface area (Å²) >= 11 is 0. The Morgan fingerprint density at radius 1 is 1.12 bits per heavy atom. The maximum absolute atomic E-state index is 12.7. The average molecular weight is 560 g/mol. The Morgan fingerprint density at radius 3 is 2.80 bits per heavy atom. The van der Waals surface area contributed by atoms with E-state index in [1.165, 1.54) is 25.7 Å². The summed E-state index contributed by atoms with van der Waals surface area (Å²) in [4.78, 5) is 30.6. The highest BCUT2D eigenvalue weighted by Crippen LogP contribution is 2.65. The zero-order chi connectivity index (χ0) is 28.8. The number of methoxy groups -OCH3 is 1. The topological polar surface area (TPSA) is 74.2 Å². The molecule has 0 bridgehead atoms. The summed E-state index contributed by atoms with van der Waals surface area (Å²) in [6, 6.07) is 5.79. The number of carbonyl (C=O) groups is 2.